The number of nitrogens with one attached hydrogen (secondary N) is 1. The summed E-state index contributed by atoms with van der Waals surface area (Å²) < 4.78 is 17.0. The number of fused-ring (bicyclic) bond motifs is 1. The highest BCUT2D eigenvalue weighted by Crippen LogP contribution is 2.30. The lowest BCUT2D eigenvalue weighted by Gasteiger charge is -2.27. The Labute approximate surface area is 203 Å². The van der Waals surface area contributed by atoms with E-state index in [-0.39, 0.29) is 13.2 Å². The van der Waals surface area contributed by atoms with Gasteiger partial charge in [-0.2, -0.15) is 0 Å². The molecule has 0 aliphatic rings. The number of methoxy groups -OCH3 is 1. The highest BCUT2D eigenvalue weighted by molar-refractivity contribution is 6.00. The molecule has 0 fully saturated rings. The zero-order valence-electron chi connectivity index (χ0n) is 19.4. The summed E-state index contributed by atoms with van der Waals surface area (Å²) in [5.41, 5.74) is 1.26. The quantitative estimate of drug-likeness (QED) is 0.315. The molecular weight excluding hydrogens is 450 g/mol. The third-order valence-electron chi connectivity index (χ3n) is 5.33. The summed E-state index contributed by atoms with van der Waals surface area (Å²) in [7, 11) is 1.51. The molecule has 3 rings (SSSR count). The summed E-state index contributed by atoms with van der Waals surface area (Å²) in [5.74, 6) is -0.518. The fourth-order valence-electron chi connectivity index (χ4n) is 3.73. The average molecular weight is 480 g/mol. The minimum Gasteiger partial charge on any atom is -0.491 e. The number of aliphatic carboxylic acids is 1. The summed E-state index contributed by atoms with van der Waals surface area (Å²) in [6.45, 7) is -0.00155. The molecule has 0 aromatic heterocycles. The molecule has 3 aromatic rings. The van der Waals surface area contributed by atoms with Crippen molar-refractivity contribution in [2.24, 2.45) is 0 Å². The zero-order valence-corrected chi connectivity index (χ0v) is 19.4. The number of anilines is 1. The molecule has 0 spiro atoms. The molecule has 0 bridgehead atoms. The lowest BCUT2D eigenvalue weighted by Crippen LogP contribution is -2.28. The van der Waals surface area contributed by atoms with Crippen molar-refractivity contribution in [3.05, 3.63) is 84.4 Å². The van der Waals surface area contributed by atoms with Crippen LogP contribution in [0.3, 0.4) is 0 Å². The third-order valence-corrected chi connectivity index (χ3v) is 5.33. The Kier molecular flexibility index (Phi) is 9.65. The molecular formula is C27H29NO7. The maximum Gasteiger partial charge on any atom is 0.412 e. The fraction of sp³-hybridized carbons (Fsp3) is 0.259. The normalized spacial score (nSPS) is 12.9. The van der Waals surface area contributed by atoms with E-state index in [1.807, 2.05) is 36.4 Å². The van der Waals surface area contributed by atoms with Gasteiger partial charge in [0.1, 0.15) is 12.4 Å². The molecule has 1 amide bonds. The number of benzene rings is 3. The van der Waals surface area contributed by atoms with Crippen LogP contribution in [0.25, 0.3) is 10.8 Å². The van der Waals surface area contributed by atoms with Crippen LogP contribution in [-0.4, -0.2) is 48.7 Å². The van der Waals surface area contributed by atoms with Gasteiger partial charge in [0.15, 0.2) is 6.10 Å². The molecule has 0 unspecified atom stereocenters. The van der Waals surface area contributed by atoms with Gasteiger partial charge in [0.25, 0.3) is 0 Å². The van der Waals surface area contributed by atoms with E-state index in [0.29, 0.717) is 29.8 Å². The fourth-order valence-corrected chi connectivity index (χ4v) is 3.73. The summed E-state index contributed by atoms with van der Waals surface area (Å²) in [6, 6.07) is 20.3. The molecule has 0 saturated carbocycles. The SMILES string of the molecule is CO[C@H](CC/C=C/C(=O)O)[C@H](OC(=O)Nc1cccc2ccccc12)c1cccc(OCCO)c1. The lowest BCUT2D eigenvalue weighted by molar-refractivity contribution is -0.131. The summed E-state index contributed by atoms with van der Waals surface area (Å²) in [6.07, 6.45) is 1.41. The van der Waals surface area contributed by atoms with E-state index in [1.165, 1.54) is 13.2 Å². The topological polar surface area (TPSA) is 114 Å². The number of amides is 1. The number of hydrogen-bond donors (Lipinski definition) is 3. The average Bonchev–Trinajstić information content (AvgIpc) is 2.87. The van der Waals surface area contributed by atoms with Crippen molar-refractivity contribution in [1.82, 2.24) is 0 Å². The van der Waals surface area contributed by atoms with Crippen molar-refractivity contribution < 1.29 is 34.0 Å². The second-order valence-electron chi connectivity index (χ2n) is 7.71. The maximum absolute atomic E-state index is 13.0. The van der Waals surface area contributed by atoms with E-state index < -0.39 is 24.3 Å². The number of allylic oxidation sites excluding steroid dienone is 1. The third kappa shape index (κ3) is 7.56. The first-order valence-corrected chi connectivity index (χ1v) is 11.2. The predicted octanol–water partition coefficient (Wildman–Crippen LogP) is 4.94. The Hall–Kier alpha value is -3.88. The number of carbonyl (C=O) groups excluding carboxylic acids is 1. The van der Waals surface area contributed by atoms with Gasteiger partial charge in [-0.25, -0.2) is 9.59 Å². The minimum atomic E-state index is -1.03. The van der Waals surface area contributed by atoms with Crippen molar-refractivity contribution in [2.75, 3.05) is 25.6 Å². The largest absolute Gasteiger partial charge is 0.491 e. The molecule has 184 valence electrons. The Morgan fingerprint density at radius 1 is 1.06 bits per heavy atom. The number of aliphatic hydroxyl groups excluding tert-OH is 1. The maximum atomic E-state index is 13.0. The molecule has 0 aliphatic heterocycles. The molecule has 3 N–H and O–H groups in total. The molecule has 0 heterocycles. The molecule has 35 heavy (non-hydrogen) atoms. The molecule has 2 atom stereocenters. The molecule has 0 saturated heterocycles. The van der Waals surface area contributed by atoms with Crippen LogP contribution >= 0.6 is 0 Å². The van der Waals surface area contributed by atoms with Crippen molar-refractivity contribution in [1.29, 1.82) is 0 Å². The van der Waals surface area contributed by atoms with Gasteiger partial charge < -0.3 is 24.4 Å². The van der Waals surface area contributed by atoms with Gasteiger partial charge >= 0.3 is 12.1 Å². The van der Waals surface area contributed by atoms with Crippen LogP contribution < -0.4 is 10.1 Å². The number of carboxylic acids is 1. The van der Waals surface area contributed by atoms with Crippen LogP contribution in [0.4, 0.5) is 10.5 Å². The van der Waals surface area contributed by atoms with Gasteiger partial charge in [0.05, 0.1) is 18.4 Å². The van der Waals surface area contributed by atoms with Gasteiger partial charge in [-0.1, -0.05) is 54.6 Å². The van der Waals surface area contributed by atoms with E-state index in [0.717, 1.165) is 16.8 Å². The van der Waals surface area contributed by atoms with Crippen LogP contribution in [0.1, 0.15) is 24.5 Å². The lowest BCUT2D eigenvalue weighted by atomic mass is 10.00. The highest BCUT2D eigenvalue weighted by atomic mass is 16.6. The highest BCUT2D eigenvalue weighted by Gasteiger charge is 2.27. The van der Waals surface area contributed by atoms with Crippen LogP contribution in [-0.2, 0) is 14.3 Å². The number of aliphatic hydroxyl groups is 1. The number of hydrogen-bond acceptors (Lipinski definition) is 6. The van der Waals surface area contributed by atoms with Crippen molar-refractivity contribution in [3.63, 3.8) is 0 Å². The molecule has 8 nitrogen and oxygen atoms in total. The van der Waals surface area contributed by atoms with E-state index in [9.17, 15) is 9.59 Å². The van der Waals surface area contributed by atoms with Crippen LogP contribution in [0.2, 0.25) is 0 Å². The van der Waals surface area contributed by atoms with Gasteiger partial charge in [0, 0.05) is 18.6 Å². The van der Waals surface area contributed by atoms with Crippen LogP contribution in [0.15, 0.2) is 78.9 Å². The van der Waals surface area contributed by atoms with Crippen molar-refractivity contribution in [3.8, 4) is 5.75 Å². The van der Waals surface area contributed by atoms with Crippen molar-refractivity contribution >= 4 is 28.5 Å². The second kappa shape index (κ2) is 13.1. The second-order valence-corrected chi connectivity index (χ2v) is 7.71. The zero-order chi connectivity index (χ0) is 25.0. The van der Waals surface area contributed by atoms with E-state index in [1.54, 1.807) is 30.3 Å². The molecule has 0 aliphatic carbocycles. The summed E-state index contributed by atoms with van der Waals surface area (Å²) >= 11 is 0. The van der Waals surface area contributed by atoms with Gasteiger partial charge in [-0.05, 0) is 42.0 Å². The summed E-state index contributed by atoms with van der Waals surface area (Å²) in [4.78, 5) is 23.8. The first-order chi connectivity index (χ1) is 17.0. The minimum absolute atomic E-state index is 0.129. The number of carbonyl (C=O) groups is 2. The Morgan fingerprint density at radius 2 is 1.83 bits per heavy atom. The number of ether oxygens (including phenoxy) is 3. The molecule has 8 heteroatoms. The van der Waals surface area contributed by atoms with E-state index >= 15 is 0 Å². The molecule has 3 aromatic carbocycles. The number of carboxylic acid groups (broad SMARTS) is 1. The van der Waals surface area contributed by atoms with Gasteiger partial charge in [-0.15, -0.1) is 0 Å². The van der Waals surface area contributed by atoms with Crippen LogP contribution in [0, 0.1) is 0 Å². The van der Waals surface area contributed by atoms with Gasteiger partial charge in [-0.3, -0.25) is 5.32 Å². The first-order valence-electron chi connectivity index (χ1n) is 11.2. The summed E-state index contributed by atoms with van der Waals surface area (Å²) in [5, 5.41) is 22.6. The van der Waals surface area contributed by atoms with Crippen molar-refractivity contribution in [2.45, 2.75) is 25.0 Å². The van der Waals surface area contributed by atoms with Crippen LogP contribution in [0.5, 0.6) is 5.75 Å². The monoisotopic (exact) mass is 479 g/mol. The predicted molar refractivity (Wildman–Crippen MR) is 133 cm³/mol. The molecule has 0 radical (unpaired) electrons. The smallest absolute Gasteiger partial charge is 0.412 e. The Bertz CT molecular complexity index is 1160. The van der Waals surface area contributed by atoms with Gasteiger partial charge in [0.2, 0.25) is 0 Å². The number of rotatable bonds is 12. The standard InChI is InChI=1S/C27H29NO7/c1-33-24(14-4-5-15-25(30)31)26(20-10-6-11-21(18-20)34-17-16-29)35-27(32)28-23-13-7-9-19-8-2-3-12-22(19)23/h2-3,5-13,15,18,24,26,29H,4,14,16-17H2,1H3,(H,28,32)(H,30,31)/b15-5+/t24-,26-/m1/s1. The van der Waals surface area contributed by atoms with E-state index in [4.69, 9.17) is 24.4 Å². The van der Waals surface area contributed by atoms with E-state index in [2.05, 4.69) is 5.32 Å². The Balaban J connectivity index is 1.83. The Morgan fingerprint density at radius 3 is 2.60 bits per heavy atom. The first kappa shape index (κ1) is 25.7.